The summed E-state index contributed by atoms with van der Waals surface area (Å²) in [6.07, 6.45) is 6.04. The second-order valence-corrected chi connectivity index (χ2v) is 6.08. The summed E-state index contributed by atoms with van der Waals surface area (Å²) in [5.74, 6) is -1.13. The van der Waals surface area contributed by atoms with Crippen LogP contribution in [0.15, 0.2) is 0 Å². The van der Waals surface area contributed by atoms with Crippen molar-refractivity contribution in [3.63, 3.8) is 0 Å². The number of carboxylic acid groups (broad SMARTS) is 1. The van der Waals surface area contributed by atoms with Crippen LogP contribution in [-0.2, 0) is 9.59 Å². The molecule has 0 aromatic rings. The number of nitrogens with two attached hydrogens (primary N) is 1. The van der Waals surface area contributed by atoms with Crippen molar-refractivity contribution < 1.29 is 14.7 Å². The van der Waals surface area contributed by atoms with Gasteiger partial charge >= 0.3 is 5.97 Å². The van der Waals surface area contributed by atoms with E-state index >= 15 is 0 Å². The minimum absolute atomic E-state index is 0.0446. The number of nitrogens with zero attached hydrogens (tertiary/aromatic N) is 1. The number of carbonyl (C=O) groups excluding carboxylic acids is 1. The van der Waals surface area contributed by atoms with Gasteiger partial charge in [0.1, 0.15) is 5.54 Å². The van der Waals surface area contributed by atoms with Gasteiger partial charge in [-0.25, -0.2) is 4.79 Å². The summed E-state index contributed by atoms with van der Waals surface area (Å²) >= 11 is 0. The van der Waals surface area contributed by atoms with Gasteiger partial charge in [0.25, 0.3) is 0 Å². The number of likely N-dealkylation sites (tertiary alicyclic amines) is 1. The second-order valence-electron chi connectivity index (χ2n) is 6.08. The number of piperidine rings is 1. The molecule has 1 aliphatic carbocycles. The lowest BCUT2D eigenvalue weighted by Gasteiger charge is -2.44. The van der Waals surface area contributed by atoms with Gasteiger partial charge in [0.2, 0.25) is 5.91 Å². The van der Waals surface area contributed by atoms with Crippen LogP contribution in [0.1, 0.15) is 51.9 Å². The molecule has 1 heterocycles. The van der Waals surface area contributed by atoms with Crippen LogP contribution >= 0.6 is 0 Å². The van der Waals surface area contributed by atoms with Crippen molar-refractivity contribution in [3.8, 4) is 0 Å². The van der Waals surface area contributed by atoms with Gasteiger partial charge in [-0.05, 0) is 39.0 Å². The largest absolute Gasteiger partial charge is 0.480 e. The zero-order chi connectivity index (χ0) is 14.0. The number of carbonyl (C=O) groups is 2. The molecule has 1 aliphatic heterocycles. The minimum Gasteiger partial charge on any atom is -0.480 e. The number of rotatable bonds is 2. The fraction of sp³-hybridized carbons (Fsp3) is 0.857. The third kappa shape index (κ3) is 2.61. The molecule has 5 heteroatoms. The van der Waals surface area contributed by atoms with Crippen LogP contribution < -0.4 is 5.73 Å². The zero-order valence-electron chi connectivity index (χ0n) is 11.6. The lowest BCUT2D eigenvalue weighted by molar-refractivity contribution is -0.163. The first-order valence-electron chi connectivity index (χ1n) is 7.27. The highest BCUT2D eigenvalue weighted by Gasteiger charge is 2.46. The number of amides is 1. The van der Waals surface area contributed by atoms with Crippen LogP contribution in [0.3, 0.4) is 0 Å². The minimum atomic E-state index is -1.05. The summed E-state index contributed by atoms with van der Waals surface area (Å²) in [6, 6.07) is -0.110. The third-order valence-electron chi connectivity index (χ3n) is 4.75. The van der Waals surface area contributed by atoms with Gasteiger partial charge in [0.05, 0.1) is 5.92 Å². The third-order valence-corrected chi connectivity index (χ3v) is 4.75. The van der Waals surface area contributed by atoms with E-state index in [-0.39, 0.29) is 17.9 Å². The summed E-state index contributed by atoms with van der Waals surface area (Å²) in [4.78, 5) is 25.8. The topological polar surface area (TPSA) is 83.6 Å². The van der Waals surface area contributed by atoms with Gasteiger partial charge in [-0.15, -0.1) is 0 Å². The van der Waals surface area contributed by atoms with E-state index in [0.29, 0.717) is 13.0 Å². The Hall–Kier alpha value is -1.10. The molecule has 1 amide bonds. The molecule has 5 nitrogen and oxygen atoms in total. The fourth-order valence-corrected chi connectivity index (χ4v) is 3.36. The van der Waals surface area contributed by atoms with Crippen molar-refractivity contribution in [2.45, 2.75) is 63.5 Å². The van der Waals surface area contributed by atoms with Crippen molar-refractivity contribution >= 4 is 11.9 Å². The average Bonchev–Trinajstić information content (AvgIpc) is 2.39. The van der Waals surface area contributed by atoms with Gasteiger partial charge in [0, 0.05) is 12.6 Å². The maximum absolute atomic E-state index is 12.7. The number of carboxylic acids is 1. The molecule has 0 bridgehead atoms. The summed E-state index contributed by atoms with van der Waals surface area (Å²) in [6.45, 7) is 2.21. The molecule has 3 N–H and O–H groups in total. The Labute approximate surface area is 114 Å². The SMILES string of the molecule is CC1(C(=O)O)CCCCN1C(=O)C1CCCCC1N. The Bertz CT molecular complexity index is 372. The zero-order valence-corrected chi connectivity index (χ0v) is 11.6. The molecule has 2 fully saturated rings. The monoisotopic (exact) mass is 268 g/mol. The first-order chi connectivity index (χ1) is 8.97. The first-order valence-corrected chi connectivity index (χ1v) is 7.27. The van der Waals surface area contributed by atoms with Crippen LogP contribution in [0.2, 0.25) is 0 Å². The Morgan fingerprint density at radius 2 is 1.89 bits per heavy atom. The maximum atomic E-state index is 12.7. The molecule has 2 aliphatic rings. The van der Waals surface area contributed by atoms with Crippen LogP contribution in [0.4, 0.5) is 0 Å². The summed E-state index contributed by atoms with van der Waals surface area (Å²) in [5, 5.41) is 9.46. The van der Waals surface area contributed by atoms with E-state index < -0.39 is 11.5 Å². The molecule has 1 saturated carbocycles. The van der Waals surface area contributed by atoms with Crippen molar-refractivity contribution in [3.05, 3.63) is 0 Å². The van der Waals surface area contributed by atoms with Crippen LogP contribution in [0, 0.1) is 5.92 Å². The van der Waals surface area contributed by atoms with Gasteiger partial charge in [0.15, 0.2) is 0 Å². The summed E-state index contributed by atoms with van der Waals surface area (Å²) in [7, 11) is 0. The van der Waals surface area contributed by atoms with Crippen molar-refractivity contribution in [1.82, 2.24) is 4.90 Å². The first kappa shape index (κ1) is 14.3. The fourth-order valence-electron chi connectivity index (χ4n) is 3.36. The van der Waals surface area contributed by atoms with E-state index in [9.17, 15) is 14.7 Å². The lowest BCUT2D eigenvalue weighted by Crippen LogP contribution is -2.60. The number of aliphatic carboxylic acids is 1. The van der Waals surface area contributed by atoms with Crippen LogP contribution in [-0.4, -0.2) is 40.0 Å². The number of hydrogen-bond donors (Lipinski definition) is 2. The predicted octanol–water partition coefficient (Wildman–Crippen LogP) is 1.36. The highest BCUT2D eigenvalue weighted by molar-refractivity contribution is 5.88. The van der Waals surface area contributed by atoms with Crippen LogP contribution in [0.5, 0.6) is 0 Å². The van der Waals surface area contributed by atoms with E-state index in [0.717, 1.165) is 38.5 Å². The molecule has 108 valence electrons. The Kier molecular flexibility index (Phi) is 4.13. The predicted molar refractivity (Wildman–Crippen MR) is 71.5 cm³/mol. The smallest absolute Gasteiger partial charge is 0.329 e. The Morgan fingerprint density at radius 1 is 1.21 bits per heavy atom. The molecular formula is C14H24N2O3. The lowest BCUT2D eigenvalue weighted by atomic mass is 9.81. The van der Waals surface area contributed by atoms with Crippen molar-refractivity contribution in [2.75, 3.05) is 6.54 Å². The Balaban J connectivity index is 2.17. The average molecular weight is 268 g/mol. The molecule has 3 unspecified atom stereocenters. The number of hydrogen-bond acceptors (Lipinski definition) is 3. The molecule has 0 radical (unpaired) electrons. The van der Waals surface area contributed by atoms with Crippen molar-refractivity contribution in [2.24, 2.45) is 11.7 Å². The quantitative estimate of drug-likeness (QED) is 0.792. The molecule has 0 spiro atoms. The van der Waals surface area contributed by atoms with E-state index in [1.165, 1.54) is 0 Å². The van der Waals surface area contributed by atoms with Gasteiger partial charge in [-0.3, -0.25) is 4.79 Å². The molecule has 0 aromatic carbocycles. The standard InChI is InChI=1S/C14H24N2O3/c1-14(13(18)19)8-4-5-9-16(14)12(17)10-6-2-3-7-11(10)15/h10-11H,2-9,15H2,1H3,(H,18,19). The van der Waals surface area contributed by atoms with E-state index in [1.807, 2.05) is 0 Å². The Morgan fingerprint density at radius 3 is 2.53 bits per heavy atom. The van der Waals surface area contributed by atoms with E-state index in [4.69, 9.17) is 5.73 Å². The highest BCUT2D eigenvalue weighted by Crippen LogP contribution is 2.33. The van der Waals surface area contributed by atoms with E-state index in [2.05, 4.69) is 0 Å². The maximum Gasteiger partial charge on any atom is 0.329 e. The highest BCUT2D eigenvalue weighted by atomic mass is 16.4. The molecule has 1 saturated heterocycles. The molecule has 0 aromatic heterocycles. The van der Waals surface area contributed by atoms with Crippen LogP contribution in [0.25, 0.3) is 0 Å². The van der Waals surface area contributed by atoms with Gasteiger partial charge in [-0.1, -0.05) is 12.8 Å². The normalized spacial score (nSPS) is 36.0. The van der Waals surface area contributed by atoms with E-state index in [1.54, 1.807) is 11.8 Å². The van der Waals surface area contributed by atoms with Gasteiger partial charge in [-0.2, -0.15) is 0 Å². The van der Waals surface area contributed by atoms with Gasteiger partial charge < -0.3 is 15.7 Å². The molecule has 19 heavy (non-hydrogen) atoms. The molecule has 3 atom stereocenters. The summed E-state index contributed by atoms with van der Waals surface area (Å²) in [5.41, 5.74) is 5.01. The summed E-state index contributed by atoms with van der Waals surface area (Å²) < 4.78 is 0. The molecule has 2 rings (SSSR count). The molecular weight excluding hydrogens is 244 g/mol. The van der Waals surface area contributed by atoms with Crippen molar-refractivity contribution in [1.29, 1.82) is 0 Å². The second kappa shape index (κ2) is 5.49.